The molecule has 2 rings (SSSR count). The number of nitro groups is 1. The number of terminal acetylenes is 1. The van der Waals surface area contributed by atoms with Gasteiger partial charge in [-0.05, 0) is 37.5 Å². The first kappa shape index (κ1) is 31.2. The highest BCUT2D eigenvalue weighted by atomic mass is 35.5. The molecule has 0 aromatic heterocycles. The zero-order chi connectivity index (χ0) is 29.1. The molecule has 0 aliphatic rings. The van der Waals surface area contributed by atoms with E-state index in [4.69, 9.17) is 43.8 Å². The van der Waals surface area contributed by atoms with E-state index in [1.807, 2.05) is 13.8 Å². The van der Waals surface area contributed by atoms with Gasteiger partial charge in [-0.25, -0.2) is 5.43 Å². The third kappa shape index (κ3) is 9.35. The number of hydrogen-bond acceptors (Lipinski definition) is 8. The Balaban J connectivity index is 2.19. The average molecular weight is 579 g/mol. The Bertz CT molecular complexity index is 1280. The highest BCUT2D eigenvalue weighted by molar-refractivity contribution is 6.35. The predicted octanol–water partition coefficient (Wildman–Crippen LogP) is 4.37. The number of amides is 2. The number of rotatable bonds is 13. The molecule has 0 fully saturated rings. The summed E-state index contributed by atoms with van der Waals surface area (Å²) < 4.78 is 16.3. The molecule has 2 atom stereocenters. The van der Waals surface area contributed by atoms with Crippen molar-refractivity contribution in [1.82, 2.24) is 10.7 Å². The number of hydrazone groups is 1. The summed E-state index contributed by atoms with van der Waals surface area (Å²) in [4.78, 5) is 36.4. The molecule has 0 aliphatic heterocycles. The number of nitrogens with one attached hydrogen (secondary N) is 2. The normalized spacial score (nSPS) is 12.4. The van der Waals surface area contributed by atoms with Crippen molar-refractivity contribution in [2.75, 3.05) is 13.7 Å². The number of non-ortho nitro benzene ring substituents is 1. The number of methoxy groups -OCH3 is 1. The number of benzene rings is 2. The molecule has 0 spiro atoms. The van der Waals surface area contributed by atoms with Crippen LogP contribution in [0.3, 0.4) is 0 Å². The second-order valence-corrected chi connectivity index (χ2v) is 9.42. The van der Waals surface area contributed by atoms with Crippen LogP contribution >= 0.6 is 23.2 Å². The first-order chi connectivity index (χ1) is 18.5. The Kier molecular flexibility index (Phi) is 11.8. The van der Waals surface area contributed by atoms with Crippen LogP contribution in [0.4, 0.5) is 5.69 Å². The molecule has 2 aromatic carbocycles. The zero-order valence-electron chi connectivity index (χ0n) is 21.7. The van der Waals surface area contributed by atoms with E-state index in [1.54, 1.807) is 6.07 Å². The fraction of sp³-hybridized carbons (Fsp3) is 0.346. The summed E-state index contributed by atoms with van der Waals surface area (Å²) in [5.74, 6) is 1.59. The van der Waals surface area contributed by atoms with Crippen LogP contribution in [-0.2, 0) is 9.59 Å². The van der Waals surface area contributed by atoms with Gasteiger partial charge in [0.25, 0.3) is 17.5 Å². The summed E-state index contributed by atoms with van der Waals surface area (Å²) in [5, 5.41) is 18.5. The van der Waals surface area contributed by atoms with E-state index < -0.39 is 28.9 Å². The van der Waals surface area contributed by atoms with E-state index in [-0.39, 0.29) is 46.0 Å². The van der Waals surface area contributed by atoms with Crippen LogP contribution in [0.15, 0.2) is 35.4 Å². The lowest BCUT2D eigenvalue weighted by atomic mass is 10.0. The minimum atomic E-state index is -0.983. The Hall–Kier alpha value is -4.01. The van der Waals surface area contributed by atoms with Gasteiger partial charge in [0, 0.05) is 16.7 Å². The zero-order valence-corrected chi connectivity index (χ0v) is 23.2. The number of carbonyl (C=O) groups is 2. The van der Waals surface area contributed by atoms with Gasteiger partial charge in [0.1, 0.15) is 18.4 Å². The molecule has 11 nitrogen and oxygen atoms in total. The molecular formula is C26H28Cl2N4O7. The number of nitrogens with zero attached hydrogens (tertiary/aromatic N) is 2. The molecule has 0 bridgehead atoms. The van der Waals surface area contributed by atoms with E-state index in [0.29, 0.717) is 11.4 Å². The quantitative estimate of drug-likeness (QED) is 0.155. The molecule has 2 N–H and O–H groups in total. The molecule has 0 radical (unpaired) electrons. The molecule has 39 heavy (non-hydrogen) atoms. The third-order valence-electron chi connectivity index (χ3n) is 5.08. The van der Waals surface area contributed by atoms with Crippen molar-refractivity contribution in [2.45, 2.75) is 39.3 Å². The first-order valence-corrected chi connectivity index (χ1v) is 12.4. The van der Waals surface area contributed by atoms with Crippen LogP contribution in [0.5, 0.6) is 17.2 Å². The summed E-state index contributed by atoms with van der Waals surface area (Å²) in [6.45, 7) is 5.14. The maximum Gasteiger partial charge on any atom is 0.274 e. The Morgan fingerprint density at radius 3 is 2.49 bits per heavy atom. The molecule has 0 aliphatic carbocycles. The Morgan fingerprint density at radius 1 is 1.18 bits per heavy atom. The maximum atomic E-state index is 12.9. The first-order valence-electron chi connectivity index (χ1n) is 11.6. The van der Waals surface area contributed by atoms with Gasteiger partial charge in [-0.3, -0.25) is 19.7 Å². The average Bonchev–Trinajstić information content (AvgIpc) is 2.88. The number of hydrogen-bond donors (Lipinski definition) is 2. The molecule has 0 unspecified atom stereocenters. The second kappa shape index (κ2) is 14.8. The second-order valence-electron chi connectivity index (χ2n) is 8.58. The summed E-state index contributed by atoms with van der Waals surface area (Å²) in [6, 6.07) is 6.00. The summed E-state index contributed by atoms with van der Waals surface area (Å²) in [7, 11) is 1.31. The largest absolute Gasteiger partial charge is 0.493 e. The smallest absolute Gasteiger partial charge is 0.274 e. The van der Waals surface area contributed by atoms with Gasteiger partial charge in [-0.15, -0.1) is 6.42 Å². The van der Waals surface area contributed by atoms with Gasteiger partial charge in [0.2, 0.25) is 0 Å². The van der Waals surface area contributed by atoms with E-state index in [0.717, 1.165) is 6.21 Å². The number of halogens is 2. The predicted molar refractivity (Wildman–Crippen MR) is 148 cm³/mol. The molecular weight excluding hydrogens is 551 g/mol. The number of nitro benzene ring substituents is 1. The van der Waals surface area contributed by atoms with Crippen LogP contribution < -0.4 is 25.0 Å². The SMILES string of the molecule is C#CCOc1c(/C=N\NC(=O)[C@@H](CC(C)C)NC(=O)[C@@H](C)Oc2ccc(Cl)cc2Cl)cc([N+](=O)[O-])cc1OC. The van der Waals surface area contributed by atoms with Gasteiger partial charge in [-0.2, -0.15) is 5.10 Å². The van der Waals surface area contributed by atoms with Crippen LogP contribution in [0, 0.1) is 28.4 Å². The minimum absolute atomic E-state index is 0.0387. The summed E-state index contributed by atoms with van der Waals surface area (Å²) in [5.41, 5.74) is 2.20. The van der Waals surface area contributed by atoms with Crippen molar-refractivity contribution in [3.63, 3.8) is 0 Å². The van der Waals surface area contributed by atoms with Gasteiger partial charge >= 0.3 is 0 Å². The lowest BCUT2D eigenvalue weighted by molar-refractivity contribution is -0.385. The number of ether oxygens (including phenoxy) is 3. The van der Waals surface area contributed by atoms with Crippen molar-refractivity contribution >= 4 is 46.9 Å². The maximum absolute atomic E-state index is 12.9. The van der Waals surface area contributed by atoms with Crippen molar-refractivity contribution in [2.24, 2.45) is 11.0 Å². The van der Waals surface area contributed by atoms with Gasteiger partial charge in [0.05, 0.1) is 29.3 Å². The Morgan fingerprint density at radius 2 is 1.90 bits per heavy atom. The summed E-state index contributed by atoms with van der Waals surface area (Å²) in [6.07, 6.45) is 5.72. The van der Waals surface area contributed by atoms with Crippen LogP contribution in [-0.4, -0.2) is 48.8 Å². The van der Waals surface area contributed by atoms with Crippen LogP contribution in [0.1, 0.15) is 32.8 Å². The molecule has 0 saturated heterocycles. The number of carbonyl (C=O) groups excluding carboxylic acids is 2. The van der Waals surface area contributed by atoms with E-state index in [1.165, 1.54) is 38.3 Å². The third-order valence-corrected chi connectivity index (χ3v) is 5.61. The van der Waals surface area contributed by atoms with Gasteiger partial charge in [0.15, 0.2) is 17.6 Å². The highest BCUT2D eigenvalue weighted by Crippen LogP contribution is 2.35. The standard InChI is InChI=1S/C26H28Cl2N4O7/c1-6-9-38-24-17(11-19(32(35)36)13-23(24)37-5)14-29-31-26(34)21(10-15(2)3)30-25(33)16(4)39-22-8-7-18(27)12-20(22)28/h1,7-8,11-16,21H,9-10H2,2-5H3,(H,30,33)(H,31,34)/b29-14-/t16-,21-/m1/s1. The minimum Gasteiger partial charge on any atom is -0.493 e. The molecule has 2 aromatic rings. The fourth-order valence-electron chi connectivity index (χ4n) is 3.28. The van der Waals surface area contributed by atoms with Gasteiger partial charge < -0.3 is 19.5 Å². The van der Waals surface area contributed by atoms with E-state index >= 15 is 0 Å². The molecule has 0 heterocycles. The van der Waals surface area contributed by atoms with Crippen molar-refractivity contribution in [3.8, 4) is 29.6 Å². The highest BCUT2D eigenvalue weighted by Gasteiger charge is 2.26. The van der Waals surface area contributed by atoms with Crippen LogP contribution in [0.2, 0.25) is 10.0 Å². The molecule has 208 valence electrons. The monoisotopic (exact) mass is 578 g/mol. The van der Waals surface area contributed by atoms with Gasteiger partial charge in [-0.1, -0.05) is 43.0 Å². The lowest BCUT2D eigenvalue weighted by Gasteiger charge is -2.22. The topological polar surface area (TPSA) is 141 Å². The lowest BCUT2D eigenvalue weighted by Crippen LogP contribution is -2.49. The van der Waals surface area contributed by atoms with E-state index in [2.05, 4.69) is 21.8 Å². The van der Waals surface area contributed by atoms with E-state index in [9.17, 15) is 19.7 Å². The van der Waals surface area contributed by atoms with Crippen LogP contribution in [0.25, 0.3) is 0 Å². The molecule has 13 heteroatoms. The Labute approximate surface area is 235 Å². The van der Waals surface area contributed by atoms with Crippen molar-refractivity contribution in [1.29, 1.82) is 0 Å². The fourth-order valence-corrected chi connectivity index (χ4v) is 3.73. The summed E-state index contributed by atoms with van der Waals surface area (Å²) >= 11 is 12.0. The van der Waals surface area contributed by atoms with Crippen molar-refractivity contribution in [3.05, 3.63) is 56.1 Å². The van der Waals surface area contributed by atoms with Crippen molar-refractivity contribution < 1.29 is 28.7 Å². The molecule has 0 saturated carbocycles. The molecule has 2 amide bonds.